The van der Waals surface area contributed by atoms with E-state index in [0.717, 1.165) is 31.5 Å². The van der Waals surface area contributed by atoms with E-state index in [1.54, 1.807) is 42.5 Å². The summed E-state index contributed by atoms with van der Waals surface area (Å²) >= 11 is 0. The van der Waals surface area contributed by atoms with E-state index in [0.29, 0.717) is 5.92 Å². The van der Waals surface area contributed by atoms with Crippen LogP contribution in [0.1, 0.15) is 48.9 Å². The van der Waals surface area contributed by atoms with Gasteiger partial charge in [-0.15, -0.1) is 0 Å². The summed E-state index contributed by atoms with van der Waals surface area (Å²) in [5.74, 6) is -0.228. The van der Waals surface area contributed by atoms with E-state index in [9.17, 15) is 18.0 Å². The molecule has 32 heavy (non-hydrogen) atoms. The molecule has 1 aliphatic heterocycles. The van der Waals surface area contributed by atoms with Crippen LogP contribution in [0.5, 0.6) is 0 Å². The van der Waals surface area contributed by atoms with Gasteiger partial charge < -0.3 is 10.6 Å². The first-order valence-electron chi connectivity index (χ1n) is 11.1. The van der Waals surface area contributed by atoms with E-state index in [1.807, 2.05) is 4.90 Å². The van der Waals surface area contributed by atoms with Gasteiger partial charge in [0, 0.05) is 17.8 Å². The number of amides is 2. The van der Waals surface area contributed by atoms with Gasteiger partial charge in [-0.1, -0.05) is 50.3 Å². The topological polar surface area (TPSA) is 110 Å². The van der Waals surface area contributed by atoms with Crippen LogP contribution in [-0.4, -0.2) is 32.8 Å². The molecule has 2 amide bonds. The van der Waals surface area contributed by atoms with Gasteiger partial charge in [0.1, 0.15) is 6.04 Å². The van der Waals surface area contributed by atoms with Gasteiger partial charge in [-0.2, -0.15) is 0 Å². The molecule has 170 valence electrons. The lowest BCUT2D eigenvalue weighted by Crippen LogP contribution is -2.46. The van der Waals surface area contributed by atoms with Gasteiger partial charge >= 0.3 is 0 Å². The molecule has 0 unspecified atom stereocenters. The number of carbonyl (C=O) groups excluding carboxylic acids is 2. The first-order valence-corrected chi connectivity index (χ1v) is 12.6. The lowest BCUT2D eigenvalue weighted by Gasteiger charge is -2.33. The Hall–Kier alpha value is -2.87. The summed E-state index contributed by atoms with van der Waals surface area (Å²) in [7, 11) is -3.94. The Labute approximate surface area is 189 Å². The average Bonchev–Trinajstić information content (AvgIpc) is 3.26. The predicted molar refractivity (Wildman–Crippen MR) is 123 cm³/mol. The van der Waals surface area contributed by atoms with Gasteiger partial charge in [-0.3, -0.25) is 9.59 Å². The van der Waals surface area contributed by atoms with Crippen molar-refractivity contribution in [1.29, 1.82) is 0 Å². The van der Waals surface area contributed by atoms with Crippen LogP contribution in [0.15, 0.2) is 59.5 Å². The van der Waals surface area contributed by atoms with Crippen molar-refractivity contribution >= 4 is 27.5 Å². The third kappa shape index (κ3) is 4.65. The summed E-state index contributed by atoms with van der Waals surface area (Å²) in [5, 5.41) is 0. The average molecular weight is 456 g/mol. The molecule has 0 spiro atoms. The summed E-state index contributed by atoms with van der Waals surface area (Å²) in [6.45, 7) is 0.739. The third-order valence-electron chi connectivity index (χ3n) is 6.73. The maximum Gasteiger partial charge on any atom is 0.264 e. The molecule has 2 atom stereocenters. The van der Waals surface area contributed by atoms with Crippen LogP contribution in [0.25, 0.3) is 0 Å². The van der Waals surface area contributed by atoms with Crippen LogP contribution in [0.4, 0.5) is 5.69 Å². The molecule has 0 aromatic heterocycles. The molecule has 7 nitrogen and oxygen atoms in total. The highest BCUT2D eigenvalue weighted by Gasteiger charge is 2.42. The number of nitrogens with two attached hydrogens (primary N) is 1. The molecule has 1 heterocycles. The molecule has 2 aliphatic rings. The van der Waals surface area contributed by atoms with Crippen molar-refractivity contribution in [2.24, 2.45) is 17.6 Å². The monoisotopic (exact) mass is 455 g/mol. The van der Waals surface area contributed by atoms with Gasteiger partial charge in [-0.05, 0) is 54.7 Å². The molecule has 2 aromatic carbocycles. The number of hydrogen-bond donors (Lipinski definition) is 2. The van der Waals surface area contributed by atoms with Crippen LogP contribution >= 0.6 is 0 Å². The number of benzene rings is 2. The maximum atomic E-state index is 12.5. The predicted octanol–water partition coefficient (Wildman–Crippen LogP) is 3.07. The second-order valence-electron chi connectivity index (χ2n) is 8.69. The van der Waals surface area contributed by atoms with Crippen LogP contribution in [0.2, 0.25) is 0 Å². The van der Waals surface area contributed by atoms with Crippen molar-refractivity contribution in [3.63, 3.8) is 0 Å². The second-order valence-corrected chi connectivity index (χ2v) is 10.4. The van der Waals surface area contributed by atoms with Crippen LogP contribution < -0.4 is 15.4 Å². The number of sulfonamides is 1. The minimum Gasteiger partial charge on any atom is -0.368 e. The molecule has 2 fully saturated rings. The molecule has 0 radical (unpaired) electrons. The second kappa shape index (κ2) is 9.32. The maximum absolute atomic E-state index is 12.5. The van der Waals surface area contributed by atoms with Crippen molar-refractivity contribution in [1.82, 2.24) is 4.72 Å². The number of hydrogen-bond acceptors (Lipinski definition) is 5. The lowest BCUT2D eigenvalue weighted by molar-refractivity contribution is -0.120. The van der Waals surface area contributed by atoms with Gasteiger partial charge in [-0.25, -0.2) is 13.1 Å². The third-order valence-corrected chi connectivity index (χ3v) is 8.08. The molecular formula is C24H29N3O4S. The summed E-state index contributed by atoms with van der Waals surface area (Å²) in [6, 6.07) is 14.1. The van der Waals surface area contributed by atoms with Gasteiger partial charge in [0.2, 0.25) is 5.91 Å². The molecule has 1 saturated heterocycles. The van der Waals surface area contributed by atoms with Crippen molar-refractivity contribution in [3.05, 3.63) is 60.2 Å². The van der Waals surface area contributed by atoms with Crippen LogP contribution in [0, 0.1) is 11.8 Å². The largest absolute Gasteiger partial charge is 0.368 e. The van der Waals surface area contributed by atoms with Gasteiger partial charge in [0.05, 0.1) is 4.90 Å². The number of anilines is 1. The Bertz CT molecular complexity index is 1060. The summed E-state index contributed by atoms with van der Waals surface area (Å²) in [5.41, 5.74) is 6.86. The fourth-order valence-corrected chi connectivity index (χ4v) is 6.17. The smallest absolute Gasteiger partial charge is 0.264 e. The summed E-state index contributed by atoms with van der Waals surface area (Å²) < 4.78 is 26.9. The number of nitrogens with zero attached hydrogens (tertiary/aromatic N) is 1. The minimum atomic E-state index is -3.94. The molecule has 4 rings (SSSR count). The lowest BCUT2D eigenvalue weighted by atomic mass is 9.76. The Morgan fingerprint density at radius 3 is 2.19 bits per heavy atom. The van der Waals surface area contributed by atoms with Crippen LogP contribution in [0.3, 0.4) is 0 Å². The molecule has 3 N–H and O–H groups in total. The number of primary amides is 1. The SMILES string of the molecule is NC(=O)[C@@H]1[C@H](C2CCCCC2)CCN1c1ccc(C(=O)NS(=O)(=O)c2ccccc2)cc1. The number of carbonyl (C=O) groups is 2. The van der Waals surface area contributed by atoms with E-state index in [4.69, 9.17) is 5.73 Å². The zero-order chi connectivity index (χ0) is 22.7. The fraction of sp³-hybridized carbons (Fsp3) is 0.417. The van der Waals surface area contributed by atoms with E-state index in [1.165, 1.54) is 31.4 Å². The fourth-order valence-electron chi connectivity index (χ4n) is 5.17. The first-order chi connectivity index (χ1) is 15.4. The highest BCUT2D eigenvalue weighted by Crippen LogP contribution is 2.40. The normalized spacial score (nSPS) is 21.9. The molecule has 1 saturated carbocycles. The van der Waals surface area contributed by atoms with Crippen molar-refractivity contribution in [3.8, 4) is 0 Å². The Kier molecular flexibility index (Phi) is 6.50. The van der Waals surface area contributed by atoms with Gasteiger partial charge in [0.25, 0.3) is 15.9 Å². The van der Waals surface area contributed by atoms with Crippen LogP contribution in [-0.2, 0) is 14.8 Å². The van der Waals surface area contributed by atoms with Crippen molar-refractivity contribution in [2.45, 2.75) is 49.5 Å². The van der Waals surface area contributed by atoms with Crippen molar-refractivity contribution in [2.75, 3.05) is 11.4 Å². The zero-order valence-corrected chi connectivity index (χ0v) is 18.8. The molecule has 8 heteroatoms. The Morgan fingerprint density at radius 2 is 1.56 bits per heavy atom. The zero-order valence-electron chi connectivity index (χ0n) is 17.9. The molecule has 1 aliphatic carbocycles. The quantitative estimate of drug-likeness (QED) is 0.696. The van der Waals surface area contributed by atoms with E-state index >= 15 is 0 Å². The highest BCUT2D eigenvalue weighted by atomic mass is 32.2. The van der Waals surface area contributed by atoms with Gasteiger partial charge in [0.15, 0.2) is 0 Å². The first kappa shape index (κ1) is 22.3. The van der Waals surface area contributed by atoms with Crippen molar-refractivity contribution < 1.29 is 18.0 Å². The Morgan fingerprint density at radius 1 is 0.906 bits per heavy atom. The van der Waals surface area contributed by atoms with E-state index in [-0.39, 0.29) is 28.3 Å². The van der Waals surface area contributed by atoms with E-state index in [2.05, 4.69) is 4.72 Å². The number of nitrogens with one attached hydrogen (secondary N) is 1. The summed E-state index contributed by atoms with van der Waals surface area (Å²) in [6.07, 6.45) is 6.91. The minimum absolute atomic E-state index is 0.0279. The summed E-state index contributed by atoms with van der Waals surface area (Å²) in [4.78, 5) is 26.9. The molecule has 0 bridgehead atoms. The standard InChI is InChI=1S/C24H29N3O4S/c25-23(28)22-21(17-7-3-1-4-8-17)15-16-27(22)19-13-11-18(12-14-19)24(29)26-32(30,31)20-9-5-2-6-10-20/h2,5-6,9-14,17,21-22H,1,3-4,7-8,15-16H2,(H2,25,28)(H,26,29)/t21-,22-/m0/s1. The number of rotatable bonds is 6. The highest BCUT2D eigenvalue weighted by molar-refractivity contribution is 7.90. The molecule has 2 aromatic rings. The van der Waals surface area contributed by atoms with E-state index < -0.39 is 15.9 Å². The molecular weight excluding hydrogens is 426 g/mol. The Balaban J connectivity index is 1.48.